The van der Waals surface area contributed by atoms with Gasteiger partial charge in [-0.15, -0.1) is 11.3 Å². The highest BCUT2D eigenvalue weighted by molar-refractivity contribution is 7.26. The van der Waals surface area contributed by atoms with E-state index in [-0.39, 0.29) is 0 Å². The predicted octanol–water partition coefficient (Wildman–Crippen LogP) is 12.0. The number of aromatic nitrogens is 2. The molecular formula is C54H38N2O2SSi. The van der Waals surface area contributed by atoms with E-state index < -0.39 is 8.07 Å². The number of aryl methyl sites for hydroxylation is 4. The van der Waals surface area contributed by atoms with Gasteiger partial charge >= 0.3 is 0 Å². The summed E-state index contributed by atoms with van der Waals surface area (Å²) in [7, 11) is -2.94. The largest absolute Gasteiger partial charge is 0.454 e. The standard InChI is InChI=1S/C54H38N2O2SSi/c1-31-15-21-35(22-16-31)55-47-41-29-44-42(30-43(41)57-51(47)53-49(55)39-25-19-33(3)27-45(39)59-53)48-52(58-44)54-50(56(48)36-23-17-32(2)18-24-36)40-26-20-34(4)28-46(40)60(54,37-11-7-5-8-12-37)38-13-9-6-10-14-38/h5-30H,1-4H3. The third-order valence-electron chi connectivity index (χ3n) is 13.0. The van der Waals surface area contributed by atoms with Crippen molar-refractivity contribution in [3.8, 4) is 22.6 Å². The molecule has 60 heavy (non-hydrogen) atoms. The molecule has 0 aliphatic carbocycles. The molecule has 1 aliphatic heterocycles. The van der Waals surface area contributed by atoms with Gasteiger partial charge in [-0.1, -0.05) is 132 Å². The molecule has 6 heteroatoms. The highest BCUT2D eigenvalue weighted by Gasteiger charge is 2.53. The van der Waals surface area contributed by atoms with Gasteiger partial charge in [0.1, 0.15) is 22.2 Å². The van der Waals surface area contributed by atoms with E-state index in [9.17, 15) is 0 Å². The molecular weight excluding hydrogens is 769 g/mol. The predicted molar refractivity (Wildman–Crippen MR) is 254 cm³/mol. The SMILES string of the molecule is Cc1ccc(-n2c3c(c4oc5cc6c(cc5c42)oc2c4sc5cc(C)ccc5c4n(-c4ccc(C)cc4)c62)[Si](c2ccccc2)(c2ccccc2)c2cc(C)ccc2-3)cc1. The molecule has 0 saturated heterocycles. The van der Waals surface area contributed by atoms with Crippen molar-refractivity contribution >= 4 is 105 Å². The number of rotatable bonds is 4. The van der Waals surface area contributed by atoms with Crippen LogP contribution in [0.15, 0.2) is 167 Å². The maximum absolute atomic E-state index is 7.47. The van der Waals surface area contributed by atoms with Crippen molar-refractivity contribution < 1.29 is 8.83 Å². The summed E-state index contributed by atoms with van der Waals surface area (Å²) in [5, 5.41) is 8.74. The van der Waals surface area contributed by atoms with E-state index >= 15 is 0 Å². The Morgan fingerprint density at radius 1 is 0.467 bits per heavy atom. The number of benzene rings is 7. The first-order valence-electron chi connectivity index (χ1n) is 20.7. The summed E-state index contributed by atoms with van der Waals surface area (Å²) in [4.78, 5) is 0. The first kappa shape index (κ1) is 34.0. The smallest absolute Gasteiger partial charge is 0.187 e. The maximum Gasteiger partial charge on any atom is 0.187 e. The van der Waals surface area contributed by atoms with Gasteiger partial charge in [-0.05, 0) is 96.8 Å². The van der Waals surface area contributed by atoms with Gasteiger partial charge in [0.05, 0.1) is 15.9 Å². The number of hydrogen-bond acceptors (Lipinski definition) is 3. The summed E-state index contributed by atoms with van der Waals surface area (Å²) in [6.07, 6.45) is 0. The van der Waals surface area contributed by atoms with E-state index in [1.807, 2.05) is 11.3 Å². The lowest BCUT2D eigenvalue weighted by molar-refractivity contribution is 0.667. The molecule has 12 aromatic rings. The first-order chi connectivity index (χ1) is 29.4. The zero-order chi connectivity index (χ0) is 40.0. The Morgan fingerprint density at radius 2 is 1.00 bits per heavy atom. The zero-order valence-electron chi connectivity index (χ0n) is 33.6. The zero-order valence-corrected chi connectivity index (χ0v) is 35.4. The van der Waals surface area contributed by atoms with E-state index in [0.717, 1.165) is 55.5 Å². The molecule has 0 atom stereocenters. The van der Waals surface area contributed by atoms with E-state index in [0.29, 0.717) is 0 Å². The van der Waals surface area contributed by atoms with Crippen molar-refractivity contribution in [2.24, 2.45) is 0 Å². The molecule has 1 aliphatic rings. The molecule has 13 rings (SSSR count). The van der Waals surface area contributed by atoms with Gasteiger partial charge in [0, 0.05) is 37.4 Å². The molecule has 4 nitrogen and oxygen atoms in total. The second kappa shape index (κ2) is 12.1. The summed E-state index contributed by atoms with van der Waals surface area (Å²) in [6.45, 7) is 8.69. The minimum atomic E-state index is -2.94. The van der Waals surface area contributed by atoms with Crippen molar-refractivity contribution in [3.63, 3.8) is 0 Å². The Kier molecular flexibility index (Phi) is 6.87. The number of furan rings is 2. The van der Waals surface area contributed by atoms with Crippen molar-refractivity contribution in [1.82, 2.24) is 9.13 Å². The Hall–Kier alpha value is -6.86. The topological polar surface area (TPSA) is 36.1 Å². The van der Waals surface area contributed by atoms with Gasteiger partial charge in [-0.2, -0.15) is 0 Å². The second-order valence-electron chi connectivity index (χ2n) is 16.8. The molecule has 0 amide bonds. The maximum atomic E-state index is 7.47. The molecule has 0 unspecified atom stereocenters. The third-order valence-corrected chi connectivity index (χ3v) is 19.0. The average molecular weight is 807 g/mol. The average Bonchev–Trinajstić information content (AvgIpc) is 4.09. The minimum absolute atomic E-state index is 0.856. The summed E-state index contributed by atoms with van der Waals surface area (Å²) >= 11 is 1.82. The number of nitrogens with zero attached hydrogens (tertiary/aromatic N) is 2. The van der Waals surface area contributed by atoms with Crippen LogP contribution in [-0.2, 0) is 0 Å². The van der Waals surface area contributed by atoms with E-state index in [1.165, 1.54) is 74.6 Å². The van der Waals surface area contributed by atoms with E-state index in [2.05, 4.69) is 195 Å². The van der Waals surface area contributed by atoms with Crippen LogP contribution in [-0.4, -0.2) is 17.2 Å². The van der Waals surface area contributed by atoms with Gasteiger partial charge in [0.15, 0.2) is 19.2 Å². The second-order valence-corrected chi connectivity index (χ2v) is 21.5. The van der Waals surface area contributed by atoms with Crippen molar-refractivity contribution in [1.29, 1.82) is 0 Å². The fraction of sp³-hybridized carbons (Fsp3) is 0.0741. The van der Waals surface area contributed by atoms with Crippen molar-refractivity contribution in [2.45, 2.75) is 27.7 Å². The number of hydrogen-bond donors (Lipinski definition) is 0. The Balaban J connectivity index is 1.20. The molecule has 0 radical (unpaired) electrons. The molecule has 0 spiro atoms. The van der Waals surface area contributed by atoms with Gasteiger partial charge in [0.2, 0.25) is 0 Å². The fourth-order valence-electron chi connectivity index (χ4n) is 10.4. The quantitative estimate of drug-likeness (QED) is 0.166. The summed E-state index contributed by atoms with van der Waals surface area (Å²) in [5.74, 6) is 0. The summed E-state index contributed by atoms with van der Waals surface area (Å²) in [5.41, 5.74) is 16.6. The Labute approximate surface area is 351 Å². The molecule has 7 aromatic carbocycles. The van der Waals surface area contributed by atoms with Crippen LogP contribution in [0.3, 0.4) is 0 Å². The summed E-state index contributed by atoms with van der Waals surface area (Å²) < 4.78 is 21.9. The number of thiophene rings is 1. The fourth-order valence-corrected chi connectivity index (χ4v) is 17.0. The minimum Gasteiger partial charge on any atom is -0.454 e. The van der Waals surface area contributed by atoms with Gasteiger partial charge in [-0.3, -0.25) is 0 Å². The van der Waals surface area contributed by atoms with Crippen LogP contribution in [0.4, 0.5) is 0 Å². The van der Waals surface area contributed by atoms with Crippen LogP contribution in [0.1, 0.15) is 22.3 Å². The molecule has 286 valence electrons. The molecule has 6 heterocycles. The molecule has 5 aromatic heterocycles. The Morgan fingerprint density at radius 3 is 1.63 bits per heavy atom. The van der Waals surface area contributed by atoms with Gasteiger partial charge in [-0.25, -0.2) is 0 Å². The molecule has 0 saturated carbocycles. The lowest BCUT2D eigenvalue weighted by atomic mass is 10.1. The van der Waals surface area contributed by atoms with Crippen LogP contribution in [0.5, 0.6) is 0 Å². The molecule has 0 N–H and O–H groups in total. The van der Waals surface area contributed by atoms with Gasteiger partial charge in [0.25, 0.3) is 0 Å². The molecule has 0 fully saturated rings. The first-order valence-corrected chi connectivity index (χ1v) is 23.5. The summed E-state index contributed by atoms with van der Waals surface area (Å²) in [6, 6.07) is 58.6. The monoisotopic (exact) mass is 806 g/mol. The lowest BCUT2D eigenvalue weighted by Gasteiger charge is -2.30. The Bertz CT molecular complexity index is 3690. The third kappa shape index (κ3) is 4.39. The van der Waals surface area contributed by atoms with E-state index in [4.69, 9.17) is 8.83 Å². The van der Waals surface area contributed by atoms with Crippen LogP contribution in [0.25, 0.3) is 87.1 Å². The van der Waals surface area contributed by atoms with Crippen LogP contribution in [0, 0.1) is 27.7 Å². The van der Waals surface area contributed by atoms with Crippen LogP contribution in [0.2, 0.25) is 0 Å². The van der Waals surface area contributed by atoms with Crippen LogP contribution < -0.4 is 20.7 Å². The van der Waals surface area contributed by atoms with E-state index in [1.54, 1.807) is 0 Å². The highest BCUT2D eigenvalue weighted by Crippen LogP contribution is 2.48. The lowest BCUT2D eigenvalue weighted by Crippen LogP contribution is -2.72. The normalized spacial score (nSPS) is 13.5. The highest BCUT2D eigenvalue weighted by atomic mass is 32.1. The van der Waals surface area contributed by atoms with Gasteiger partial charge < -0.3 is 18.0 Å². The number of fused-ring (bicyclic) bond motifs is 14. The van der Waals surface area contributed by atoms with Crippen molar-refractivity contribution in [3.05, 3.63) is 180 Å². The van der Waals surface area contributed by atoms with Crippen molar-refractivity contribution in [2.75, 3.05) is 0 Å². The van der Waals surface area contributed by atoms with Crippen LogP contribution >= 0.6 is 11.3 Å². The molecule has 0 bridgehead atoms.